The first-order valence-corrected chi connectivity index (χ1v) is 6.68. The minimum absolute atomic E-state index is 0.190. The van der Waals surface area contributed by atoms with Gasteiger partial charge in [-0.05, 0) is 25.5 Å². The molecular weight excluding hydrogens is 258 g/mol. The average molecular weight is 273 g/mol. The molecule has 0 fully saturated rings. The molecule has 0 N–H and O–H groups in total. The van der Waals surface area contributed by atoms with Crippen LogP contribution in [0.4, 0.5) is 0 Å². The van der Waals surface area contributed by atoms with E-state index >= 15 is 0 Å². The van der Waals surface area contributed by atoms with Crippen LogP contribution in [0.15, 0.2) is 37.9 Å². The van der Waals surface area contributed by atoms with Gasteiger partial charge in [0.1, 0.15) is 11.1 Å². The molecule has 20 heavy (non-hydrogen) atoms. The van der Waals surface area contributed by atoms with Crippen LogP contribution >= 0.6 is 0 Å². The van der Waals surface area contributed by atoms with Crippen molar-refractivity contribution in [2.45, 2.75) is 19.8 Å². The maximum absolute atomic E-state index is 11.9. The van der Waals surface area contributed by atoms with Gasteiger partial charge in [0, 0.05) is 25.0 Å². The van der Waals surface area contributed by atoms with Crippen LogP contribution in [-0.4, -0.2) is 18.2 Å². The number of fused-ring (bicyclic) bond motifs is 3. The molecule has 0 saturated heterocycles. The van der Waals surface area contributed by atoms with Crippen molar-refractivity contribution in [2.24, 2.45) is 0 Å². The van der Waals surface area contributed by atoms with Gasteiger partial charge in [-0.3, -0.25) is 0 Å². The predicted octanol–water partition coefficient (Wildman–Crippen LogP) is 2.90. The third-order valence-electron chi connectivity index (χ3n) is 3.09. The molecule has 3 aromatic rings. The van der Waals surface area contributed by atoms with Gasteiger partial charge in [-0.2, -0.15) is 0 Å². The number of para-hydroxylation sites is 1. The fraction of sp³-hybridized carbons (Fsp3) is 0.333. The molecule has 1 aromatic carbocycles. The number of ether oxygens (including phenoxy) is 1. The number of hydrogen-bond donors (Lipinski definition) is 0. The molecule has 3 rings (SSSR count). The van der Waals surface area contributed by atoms with Crippen molar-refractivity contribution in [3.8, 4) is 0 Å². The van der Waals surface area contributed by atoms with E-state index in [1.165, 1.54) is 0 Å². The number of aryl methyl sites for hydroxylation is 1. The summed E-state index contributed by atoms with van der Waals surface area (Å²) in [6, 6.07) is 7.32. The molecule has 0 aliphatic carbocycles. The SMILES string of the molecule is CCOCCCc1nc2c(o1)c(=O)oc1ccccc12. The Morgan fingerprint density at radius 2 is 2.10 bits per heavy atom. The highest BCUT2D eigenvalue weighted by Gasteiger charge is 2.14. The van der Waals surface area contributed by atoms with Crippen molar-refractivity contribution in [2.75, 3.05) is 13.2 Å². The van der Waals surface area contributed by atoms with Gasteiger partial charge in [0.15, 0.2) is 5.89 Å². The molecule has 0 aliphatic heterocycles. The second kappa shape index (κ2) is 5.46. The second-order valence-electron chi connectivity index (χ2n) is 4.47. The third kappa shape index (κ3) is 2.32. The molecule has 104 valence electrons. The van der Waals surface area contributed by atoms with Crippen molar-refractivity contribution in [3.63, 3.8) is 0 Å². The van der Waals surface area contributed by atoms with Gasteiger partial charge >= 0.3 is 5.63 Å². The monoisotopic (exact) mass is 273 g/mol. The minimum atomic E-state index is -0.484. The quantitative estimate of drug-likeness (QED) is 0.528. The van der Waals surface area contributed by atoms with Gasteiger partial charge in [-0.15, -0.1) is 0 Å². The van der Waals surface area contributed by atoms with Crippen LogP contribution in [0.5, 0.6) is 0 Å². The van der Waals surface area contributed by atoms with E-state index in [0.29, 0.717) is 36.6 Å². The molecule has 0 amide bonds. The van der Waals surface area contributed by atoms with Crippen molar-refractivity contribution < 1.29 is 13.6 Å². The van der Waals surface area contributed by atoms with E-state index < -0.39 is 5.63 Å². The Morgan fingerprint density at radius 3 is 2.95 bits per heavy atom. The molecule has 0 bridgehead atoms. The predicted molar refractivity (Wildman–Crippen MR) is 74.9 cm³/mol. The van der Waals surface area contributed by atoms with Crippen molar-refractivity contribution in [1.29, 1.82) is 0 Å². The van der Waals surface area contributed by atoms with Gasteiger partial charge in [0.05, 0.1) is 0 Å². The van der Waals surface area contributed by atoms with Gasteiger partial charge in [-0.25, -0.2) is 9.78 Å². The maximum Gasteiger partial charge on any atom is 0.382 e. The van der Waals surface area contributed by atoms with Crippen LogP contribution in [-0.2, 0) is 11.2 Å². The zero-order chi connectivity index (χ0) is 13.9. The number of oxazole rings is 1. The highest BCUT2D eigenvalue weighted by Crippen LogP contribution is 2.22. The lowest BCUT2D eigenvalue weighted by molar-refractivity contribution is 0.144. The van der Waals surface area contributed by atoms with E-state index in [2.05, 4.69) is 4.98 Å². The standard InChI is InChI=1S/C15H15NO4/c1-2-18-9-5-8-12-16-13-10-6-3-4-7-11(10)19-15(17)14(13)20-12/h3-4,6-7H,2,5,8-9H2,1H3. The number of benzene rings is 1. The summed E-state index contributed by atoms with van der Waals surface area (Å²) in [5, 5.41) is 0.793. The summed E-state index contributed by atoms with van der Waals surface area (Å²) < 4.78 is 16.0. The zero-order valence-electron chi connectivity index (χ0n) is 11.2. The van der Waals surface area contributed by atoms with Gasteiger partial charge in [0.25, 0.3) is 0 Å². The molecule has 0 aliphatic rings. The molecule has 0 spiro atoms. The normalized spacial score (nSPS) is 11.4. The van der Waals surface area contributed by atoms with E-state index in [4.69, 9.17) is 13.6 Å². The Balaban J connectivity index is 1.99. The first-order valence-electron chi connectivity index (χ1n) is 6.68. The Kier molecular flexibility index (Phi) is 3.52. The Hall–Kier alpha value is -2.14. The van der Waals surface area contributed by atoms with E-state index in [-0.39, 0.29) is 5.58 Å². The summed E-state index contributed by atoms with van der Waals surface area (Å²) in [5.74, 6) is 0.545. The largest absolute Gasteiger partial charge is 0.433 e. The highest BCUT2D eigenvalue weighted by atomic mass is 16.5. The molecule has 5 nitrogen and oxygen atoms in total. The number of rotatable bonds is 5. The fourth-order valence-corrected chi connectivity index (χ4v) is 2.16. The molecule has 0 atom stereocenters. The summed E-state index contributed by atoms with van der Waals surface area (Å²) >= 11 is 0. The van der Waals surface area contributed by atoms with Crippen LogP contribution in [0.1, 0.15) is 19.2 Å². The lowest BCUT2D eigenvalue weighted by atomic mass is 10.2. The summed E-state index contributed by atoms with van der Waals surface area (Å²) in [6.45, 7) is 3.31. The molecule has 0 unspecified atom stereocenters. The molecule has 5 heteroatoms. The van der Waals surface area contributed by atoms with Crippen LogP contribution in [0, 0.1) is 0 Å². The average Bonchev–Trinajstić information content (AvgIpc) is 2.89. The molecule has 2 heterocycles. The van der Waals surface area contributed by atoms with Crippen molar-refractivity contribution >= 4 is 22.1 Å². The van der Waals surface area contributed by atoms with Gasteiger partial charge in [-0.1, -0.05) is 12.1 Å². The first kappa shape index (κ1) is 12.9. The van der Waals surface area contributed by atoms with E-state index in [9.17, 15) is 4.79 Å². The van der Waals surface area contributed by atoms with Crippen LogP contribution in [0.25, 0.3) is 22.1 Å². The first-order chi connectivity index (χ1) is 9.79. The number of aromatic nitrogens is 1. The zero-order valence-corrected chi connectivity index (χ0v) is 11.2. The Labute approximate surface area is 115 Å². The minimum Gasteiger partial charge on any atom is -0.433 e. The fourth-order valence-electron chi connectivity index (χ4n) is 2.16. The summed E-state index contributed by atoms with van der Waals surface area (Å²) in [5.41, 5.74) is 0.805. The molecular formula is C15H15NO4. The number of nitrogens with zero attached hydrogens (tertiary/aromatic N) is 1. The van der Waals surface area contributed by atoms with E-state index in [1.54, 1.807) is 6.07 Å². The maximum atomic E-state index is 11.9. The van der Waals surface area contributed by atoms with E-state index in [0.717, 1.165) is 11.8 Å². The van der Waals surface area contributed by atoms with Gasteiger partial charge in [0.2, 0.25) is 5.58 Å². The Morgan fingerprint density at radius 1 is 1.25 bits per heavy atom. The molecule has 0 radical (unpaired) electrons. The van der Waals surface area contributed by atoms with Gasteiger partial charge < -0.3 is 13.6 Å². The highest BCUT2D eigenvalue weighted by molar-refractivity contribution is 5.99. The van der Waals surface area contributed by atoms with Crippen molar-refractivity contribution in [1.82, 2.24) is 4.98 Å². The lowest BCUT2D eigenvalue weighted by Gasteiger charge is -1.97. The van der Waals surface area contributed by atoms with Crippen molar-refractivity contribution in [3.05, 3.63) is 40.6 Å². The molecule has 0 saturated carbocycles. The summed E-state index contributed by atoms with van der Waals surface area (Å²) in [6.07, 6.45) is 1.45. The van der Waals surface area contributed by atoms with Crippen LogP contribution < -0.4 is 5.63 Å². The van der Waals surface area contributed by atoms with E-state index in [1.807, 2.05) is 25.1 Å². The van der Waals surface area contributed by atoms with Crippen LogP contribution in [0.3, 0.4) is 0 Å². The Bertz CT molecular complexity index is 787. The van der Waals surface area contributed by atoms with Crippen LogP contribution in [0.2, 0.25) is 0 Å². The smallest absolute Gasteiger partial charge is 0.382 e. The third-order valence-corrected chi connectivity index (χ3v) is 3.09. The second-order valence-corrected chi connectivity index (χ2v) is 4.47. The molecule has 2 aromatic heterocycles. The lowest BCUT2D eigenvalue weighted by Crippen LogP contribution is -1.97. The topological polar surface area (TPSA) is 65.5 Å². The summed E-state index contributed by atoms with van der Waals surface area (Å²) in [4.78, 5) is 16.3. The summed E-state index contributed by atoms with van der Waals surface area (Å²) in [7, 11) is 0. The number of hydrogen-bond acceptors (Lipinski definition) is 5.